The van der Waals surface area contributed by atoms with Crippen LogP contribution >= 0.6 is 0 Å². The molecule has 1 N–H and O–H groups in total. The molecule has 0 aliphatic heterocycles. The van der Waals surface area contributed by atoms with Crippen LogP contribution in [0.4, 0.5) is 0 Å². The fourth-order valence-corrected chi connectivity index (χ4v) is 9.25. The number of allylic oxidation sites excluding steroid dienone is 2. The van der Waals surface area contributed by atoms with E-state index in [1.807, 2.05) is 0 Å². The SMILES string of the molecule is CC1/C(=C\CCC(=O)O)[C@H]2CC[C@@H](O[Si](C)(C)C(C)(C)C)[C@H](C#CC(O[Si](C)(C)C(C)(C)C)C3CCCCC3)[C@@H]12. The average Bonchev–Trinajstić information content (AvgIpc) is 2.83. The van der Waals surface area contributed by atoms with E-state index in [9.17, 15) is 4.79 Å². The van der Waals surface area contributed by atoms with Gasteiger partial charge in [-0.1, -0.05) is 91.2 Å². The minimum Gasteiger partial charge on any atom is -0.481 e. The summed E-state index contributed by atoms with van der Waals surface area (Å²) in [6, 6.07) is 0. The summed E-state index contributed by atoms with van der Waals surface area (Å²) in [7, 11) is -3.93. The third-order valence-corrected chi connectivity index (χ3v) is 20.2. The van der Waals surface area contributed by atoms with Gasteiger partial charge in [0, 0.05) is 12.3 Å². The molecule has 0 aromatic rings. The van der Waals surface area contributed by atoms with Crippen molar-refractivity contribution in [3.63, 3.8) is 0 Å². The van der Waals surface area contributed by atoms with Crippen LogP contribution in [0.1, 0.15) is 106 Å². The minimum atomic E-state index is -1.97. The molecular formula is C34H60O4Si2. The summed E-state index contributed by atoms with van der Waals surface area (Å²) in [5, 5.41) is 9.47. The number of carboxylic acids is 1. The van der Waals surface area contributed by atoms with Crippen molar-refractivity contribution in [1.29, 1.82) is 0 Å². The Bertz CT molecular complexity index is 969. The topological polar surface area (TPSA) is 55.8 Å². The molecule has 0 radical (unpaired) electrons. The Morgan fingerprint density at radius 2 is 1.57 bits per heavy atom. The predicted octanol–water partition coefficient (Wildman–Crippen LogP) is 9.43. The van der Waals surface area contributed by atoms with Gasteiger partial charge >= 0.3 is 5.97 Å². The predicted molar refractivity (Wildman–Crippen MR) is 172 cm³/mol. The first kappa shape index (κ1) is 33.6. The zero-order valence-electron chi connectivity index (χ0n) is 27.7. The number of hydrogen-bond donors (Lipinski definition) is 1. The maximum Gasteiger partial charge on any atom is 0.303 e. The van der Waals surface area contributed by atoms with Crippen molar-refractivity contribution in [2.24, 2.45) is 29.6 Å². The Morgan fingerprint density at radius 1 is 0.975 bits per heavy atom. The van der Waals surface area contributed by atoms with Gasteiger partial charge in [-0.15, -0.1) is 0 Å². The molecule has 4 nitrogen and oxygen atoms in total. The highest BCUT2D eigenvalue weighted by Crippen LogP contribution is 2.57. The molecule has 3 aliphatic rings. The fourth-order valence-electron chi connectivity index (χ4n) is 6.63. The Kier molecular flexibility index (Phi) is 10.7. The quantitative estimate of drug-likeness (QED) is 0.174. The van der Waals surface area contributed by atoms with Gasteiger partial charge in [-0.3, -0.25) is 4.79 Å². The van der Waals surface area contributed by atoms with Gasteiger partial charge in [-0.2, -0.15) is 0 Å². The Morgan fingerprint density at radius 3 is 2.12 bits per heavy atom. The summed E-state index contributed by atoms with van der Waals surface area (Å²) in [6.45, 7) is 25.8. The molecule has 3 fully saturated rings. The van der Waals surface area contributed by atoms with Gasteiger partial charge in [0.05, 0.1) is 6.10 Å². The van der Waals surface area contributed by atoms with Crippen LogP contribution < -0.4 is 0 Å². The maximum atomic E-state index is 11.1. The van der Waals surface area contributed by atoms with Crippen LogP contribution in [-0.4, -0.2) is 39.9 Å². The van der Waals surface area contributed by atoms with Gasteiger partial charge in [0.2, 0.25) is 0 Å². The van der Waals surface area contributed by atoms with Crippen molar-refractivity contribution in [2.45, 2.75) is 155 Å². The fraction of sp³-hybridized carbons (Fsp3) is 0.853. The number of carbonyl (C=O) groups is 1. The summed E-state index contributed by atoms with van der Waals surface area (Å²) >= 11 is 0. The third-order valence-electron chi connectivity index (χ3n) is 11.3. The van der Waals surface area contributed by atoms with Gasteiger partial charge in [0.1, 0.15) is 6.10 Å². The number of rotatable bonds is 8. The van der Waals surface area contributed by atoms with Gasteiger partial charge in [0.15, 0.2) is 16.6 Å². The molecule has 0 heterocycles. The van der Waals surface area contributed by atoms with Crippen molar-refractivity contribution in [3.8, 4) is 11.8 Å². The Labute approximate surface area is 248 Å². The molecule has 0 bridgehead atoms. The van der Waals surface area contributed by atoms with E-state index in [0.29, 0.717) is 30.1 Å². The van der Waals surface area contributed by atoms with E-state index in [4.69, 9.17) is 14.0 Å². The van der Waals surface area contributed by atoms with E-state index in [1.54, 1.807) is 0 Å². The lowest BCUT2D eigenvalue weighted by Crippen LogP contribution is -2.54. The molecule has 3 aliphatic carbocycles. The van der Waals surface area contributed by atoms with Gasteiger partial charge in [0.25, 0.3) is 0 Å². The number of aliphatic carboxylic acids is 1. The molecule has 0 spiro atoms. The highest BCUT2D eigenvalue weighted by Gasteiger charge is 2.53. The van der Waals surface area contributed by atoms with Gasteiger partial charge in [-0.25, -0.2) is 0 Å². The molecule has 3 saturated carbocycles. The first-order chi connectivity index (χ1) is 18.4. The second-order valence-electron chi connectivity index (χ2n) is 16.1. The summed E-state index contributed by atoms with van der Waals surface area (Å²) in [5.74, 6) is 9.15. The van der Waals surface area contributed by atoms with E-state index in [2.05, 4.69) is 92.6 Å². The minimum absolute atomic E-state index is 0.0102. The lowest BCUT2D eigenvalue weighted by atomic mass is 9.51. The smallest absolute Gasteiger partial charge is 0.303 e. The van der Waals surface area contributed by atoms with Gasteiger partial charge in [-0.05, 0) is 92.0 Å². The highest BCUT2D eigenvalue weighted by molar-refractivity contribution is 6.74. The van der Waals surface area contributed by atoms with Crippen molar-refractivity contribution in [1.82, 2.24) is 0 Å². The first-order valence-electron chi connectivity index (χ1n) is 16.1. The van der Waals surface area contributed by atoms with Crippen LogP contribution in [0.5, 0.6) is 0 Å². The van der Waals surface area contributed by atoms with Crippen LogP contribution in [0.2, 0.25) is 36.3 Å². The van der Waals surface area contributed by atoms with Crippen LogP contribution in [-0.2, 0) is 13.6 Å². The van der Waals surface area contributed by atoms with Crippen LogP contribution in [0.3, 0.4) is 0 Å². The number of hydrogen-bond acceptors (Lipinski definition) is 3. The highest BCUT2D eigenvalue weighted by atomic mass is 28.4. The number of fused-ring (bicyclic) bond motifs is 1. The molecule has 2 unspecified atom stereocenters. The number of carboxylic acid groups (broad SMARTS) is 1. The average molecular weight is 589 g/mol. The van der Waals surface area contributed by atoms with Crippen molar-refractivity contribution in [2.75, 3.05) is 0 Å². The lowest BCUT2D eigenvalue weighted by Gasteiger charge is -2.55. The Balaban J connectivity index is 1.95. The lowest BCUT2D eigenvalue weighted by molar-refractivity contribution is -0.136. The zero-order valence-corrected chi connectivity index (χ0v) is 29.7. The Hall–Kier alpha value is -0.876. The summed E-state index contributed by atoms with van der Waals surface area (Å²) in [6.07, 6.45) is 11.8. The molecule has 6 heteroatoms. The van der Waals surface area contributed by atoms with E-state index < -0.39 is 22.6 Å². The molecule has 0 aromatic carbocycles. The maximum absolute atomic E-state index is 11.1. The van der Waals surface area contributed by atoms with E-state index in [-0.39, 0.29) is 34.6 Å². The van der Waals surface area contributed by atoms with Gasteiger partial charge < -0.3 is 14.0 Å². The summed E-state index contributed by atoms with van der Waals surface area (Å²) in [4.78, 5) is 11.1. The summed E-state index contributed by atoms with van der Waals surface area (Å²) in [5.41, 5.74) is 1.46. The molecule has 3 rings (SSSR count). The van der Waals surface area contributed by atoms with Crippen molar-refractivity contribution >= 4 is 22.6 Å². The largest absolute Gasteiger partial charge is 0.481 e. The van der Waals surface area contributed by atoms with E-state index >= 15 is 0 Å². The van der Waals surface area contributed by atoms with Crippen LogP contribution in [0.15, 0.2) is 11.6 Å². The molecule has 228 valence electrons. The molecule has 6 atom stereocenters. The monoisotopic (exact) mass is 588 g/mol. The van der Waals surface area contributed by atoms with Crippen molar-refractivity contribution < 1.29 is 18.8 Å². The first-order valence-corrected chi connectivity index (χ1v) is 22.0. The second-order valence-corrected chi connectivity index (χ2v) is 25.6. The van der Waals surface area contributed by atoms with Crippen LogP contribution in [0, 0.1) is 41.4 Å². The third kappa shape index (κ3) is 7.74. The van der Waals surface area contributed by atoms with E-state index in [0.717, 1.165) is 12.8 Å². The second kappa shape index (κ2) is 12.8. The molecule has 0 amide bonds. The standard InChI is InChI=1S/C34H60O4Si2/c1-24-26(18-15-19-31(35)36)27-20-23-30(38-40(10,11)34(5,6)7)28(32(24)27)21-22-29(25-16-13-12-14-17-25)37-39(8,9)33(2,3)4/h18,24-25,27-30,32H,12-17,19-20,23H2,1-11H3,(H,35,36)/b26-18+/t24?,27-,28+,29?,30-,32+/m1/s1. The molecule has 0 aromatic heterocycles. The molecule has 0 saturated heterocycles. The molecular weight excluding hydrogens is 529 g/mol. The van der Waals surface area contributed by atoms with Crippen LogP contribution in [0.25, 0.3) is 0 Å². The molecule has 40 heavy (non-hydrogen) atoms. The van der Waals surface area contributed by atoms with E-state index in [1.165, 1.54) is 37.7 Å². The summed E-state index contributed by atoms with van der Waals surface area (Å²) < 4.78 is 14.2. The zero-order chi connectivity index (χ0) is 30.1. The van der Waals surface area contributed by atoms with Crippen molar-refractivity contribution in [3.05, 3.63) is 11.6 Å². The normalized spacial score (nSPS) is 30.2.